The first kappa shape index (κ1) is 28.2. The number of anilines is 1. The Morgan fingerprint density at radius 2 is 1.66 bits per heavy atom. The van der Waals surface area contributed by atoms with E-state index in [-0.39, 0.29) is 40.5 Å². The molecule has 4 unspecified atom stereocenters. The van der Waals surface area contributed by atoms with Gasteiger partial charge in [0, 0.05) is 13.1 Å². The molecule has 2 saturated heterocycles. The summed E-state index contributed by atoms with van der Waals surface area (Å²) in [7, 11) is -5.68. The Bertz CT molecular complexity index is 953. The van der Waals surface area contributed by atoms with E-state index in [9.17, 15) is 14.7 Å². The van der Waals surface area contributed by atoms with Crippen molar-refractivity contribution >= 4 is 28.8 Å². The monoisotopic (exact) mass is 527 g/mol. The number of aliphatic hydroxyl groups is 1. The summed E-state index contributed by atoms with van der Waals surface area (Å²) in [6.07, 6.45) is -1.96. The predicted octanol–water partition coefficient (Wildman–Crippen LogP) is 3.42. The number of ether oxygens (including phenoxy) is 1. The summed E-state index contributed by atoms with van der Waals surface area (Å²) in [5.74, 6) is -0.191. The molecule has 10 nitrogen and oxygen atoms in total. The molecule has 3 rings (SSSR count). The smallest absolute Gasteiger partial charge is 0.351 e. The van der Waals surface area contributed by atoms with Crippen LogP contribution in [-0.2, 0) is 22.5 Å². The van der Waals surface area contributed by atoms with E-state index in [1.165, 1.54) is 23.8 Å². The number of carbonyl (C=O) groups excluding carboxylic acids is 1. The lowest BCUT2D eigenvalue weighted by molar-refractivity contribution is -0.114. The minimum Gasteiger partial charge on any atom is -0.414 e. The first-order valence-corrected chi connectivity index (χ1v) is 16.4. The first-order chi connectivity index (χ1) is 16.2. The summed E-state index contributed by atoms with van der Waals surface area (Å²) >= 11 is 0. The van der Waals surface area contributed by atoms with E-state index < -0.39 is 47.4 Å². The molecule has 0 aliphatic carbocycles. The molecule has 0 spiro atoms. The highest BCUT2D eigenvalue weighted by atomic mass is 28.5. The van der Waals surface area contributed by atoms with Gasteiger partial charge in [-0.15, -0.1) is 0 Å². The van der Waals surface area contributed by atoms with Gasteiger partial charge in [-0.1, -0.05) is 55.4 Å². The molecule has 1 aromatic rings. The van der Waals surface area contributed by atoms with Gasteiger partial charge in [0.05, 0.1) is 6.61 Å². The molecular weight excluding hydrogens is 486 g/mol. The largest absolute Gasteiger partial charge is 0.414 e. The highest BCUT2D eigenvalue weighted by Crippen LogP contribution is 2.48. The van der Waals surface area contributed by atoms with Crippen LogP contribution in [0, 0.1) is 0 Å². The molecule has 0 bridgehead atoms. The SMILES string of the molecule is CC(=O)Nc1ccn(C2OC3CO[Si](C(C)C)(C(C)C)O[Si](C(C)C)(C(C)C)OC3C2O)c(=O)n1. The maximum Gasteiger partial charge on any atom is 0.351 e. The standard InChI is InChI=1S/C23H41N3O7Si2/c1-13(2)34(14(3)4)30-12-18-21(32-35(33-34,15(5)6)16(7)8)20(28)22(31-18)26-11-10-19(24-17(9)27)25-23(26)29/h10-11,13-16,18,20-22,28H,12H2,1-9H3,(H,24,25,27,29). The molecule has 2 aliphatic rings. The number of amides is 1. The number of hydrogen-bond acceptors (Lipinski definition) is 8. The molecule has 0 aromatic carbocycles. The zero-order valence-electron chi connectivity index (χ0n) is 22.3. The third-order valence-electron chi connectivity index (χ3n) is 7.05. The Morgan fingerprint density at radius 1 is 1.09 bits per heavy atom. The van der Waals surface area contributed by atoms with Crippen molar-refractivity contribution in [1.29, 1.82) is 0 Å². The Balaban J connectivity index is 2.03. The van der Waals surface area contributed by atoms with Gasteiger partial charge in [0.2, 0.25) is 5.91 Å². The number of aliphatic hydroxyl groups excluding tert-OH is 1. The molecule has 2 fully saturated rings. The lowest BCUT2D eigenvalue weighted by atomic mass is 10.1. The van der Waals surface area contributed by atoms with E-state index in [4.69, 9.17) is 17.7 Å². The predicted molar refractivity (Wildman–Crippen MR) is 137 cm³/mol. The van der Waals surface area contributed by atoms with E-state index in [0.717, 1.165) is 0 Å². The van der Waals surface area contributed by atoms with Gasteiger partial charge >= 0.3 is 22.8 Å². The van der Waals surface area contributed by atoms with Crippen LogP contribution >= 0.6 is 0 Å². The zero-order chi connectivity index (χ0) is 26.3. The first-order valence-electron chi connectivity index (χ1n) is 12.5. The van der Waals surface area contributed by atoms with Crippen LogP contribution in [0.1, 0.15) is 68.5 Å². The van der Waals surface area contributed by atoms with Crippen molar-refractivity contribution in [2.45, 2.75) is 109 Å². The zero-order valence-corrected chi connectivity index (χ0v) is 24.3. The molecule has 1 amide bonds. The topological polar surface area (TPSA) is 121 Å². The van der Waals surface area contributed by atoms with Gasteiger partial charge < -0.3 is 28.1 Å². The van der Waals surface area contributed by atoms with E-state index in [0.29, 0.717) is 0 Å². The second-order valence-electron chi connectivity index (χ2n) is 10.8. The van der Waals surface area contributed by atoms with Crippen LogP contribution in [0.15, 0.2) is 17.1 Å². The van der Waals surface area contributed by atoms with Crippen molar-refractivity contribution in [2.24, 2.45) is 0 Å². The third-order valence-corrected chi connectivity index (χ3v) is 17.3. The fourth-order valence-corrected chi connectivity index (χ4v) is 16.4. The summed E-state index contributed by atoms with van der Waals surface area (Å²) in [6.45, 7) is 18.5. The molecule has 12 heteroatoms. The molecule has 2 aliphatic heterocycles. The molecule has 0 radical (unpaired) electrons. The van der Waals surface area contributed by atoms with Crippen molar-refractivity contribution < 1.29 is 27.6 Å². The van der Waals surface area contributed by atoms with Gasteiger partial charge in [-0.3, -0.25) is 9.36 Å². The van der Waals surface area contributed by atoms with Gasteiger partial charge in [-0.2, -0.15) is 4.98 Å². The van der Waals surface area contributed by atoms with Gasteiger partial charge in [0.15, 0.2) is 6.23 Å². The van der Waals surface area contributed by atoms with E-state index in [2.05, 4.69) is 65.7 Å². The summed E-state index contributed by atoms with van der Waals surface area (Å²) < 4.78 is 28.1. The fraction of sp³-hybridized carbons (Fsp3) is 0.783. The maximum absolute atomic E-state index is 12.7. The van der Waals surface area contributed by atoms with Crippen LogP contribution < -0.4 is 11.0 Å². The number of aromatic nitrogens is 2. The van der Waals surface area contributed by atoms with Gasteiger partial charge in [0.1, 0.15) is 24.1 Å². The van der Waals surface area contributed by atoms with Crippen LogP contribution in [-0.4, -0.2) is 62.6 Å². The molecule has 3 heterocycles. The van der Waals surface area contributed by atoms with Gasteiger partial charge in [-0.05, 0) is 28.2 Å². The normalized spacial score (nSPS) is 28.3. The van der Waals surface area contributed by atoms with Crippen molar-refractivity contribution in [3.8, 4) is 0 Å². The van der Waals surface area contributed by atoms with Crippen LogP contribution in [0.25, 0.3) is 0 Å². The molecule has 4 atom stereocenters. The number of nitrogens with one attached hydrogen (secondary N) is 1. The summed E-state index contributed by atoms with van der Waals surface area (Å²) in [5, 5.41) is 13.8. The van der Waals surface area contributed by atoms with Crippen LogP contribution in [0.5, 0.6) is 0 Å². The Kier molecular flexibility index (Phi) is 8.46. The maximum atomic E-state index is 12.7. The van der Waals surface area contributed by atoms with E-state index >= 15 is 0 Å². The number of carbonyl (C=O) groups is 1. The molecule has 1 aromatic heterocycles. The summed E-state index contributed by atoms with van der Waals surface area (Å²) in [4.78, 5) is 28.0. The average Bonchev–Trinajstić information content (AvgIpc) is 3.01. The minimum atomic E-state index is -2.93. The van der Waals surface area contributed by atoms with Crippen LogP contribution in [0.3, 0.4) is 0 Å². The van der Waals surface area contributed by atoms with Crippen molar-refractivity contribution in [3.63, 3.8) is 0 Å². The third kappa shape index (κ3) is 5.20. The summed E-state index contributed by atoms with van der Waals surface area (Å²) in [5.41, 5.74) is -0.0794. The van der Waals surface area contributed by atoms with E-state index in [1.54, 1.807) is 0 Å². The van der Waals surface area contributed by atoms with Crippen LogP contribution in [0.2, 0.25) is 22.2 Å². The molecule has 2 N–H and O–H groups in total. The second-order valence-corrected chi connectivity index (χ2v) is 19.6. The molecular formula is C23H41N3O7Si2. The number of hydrogen-bond donors (Lipinski definition) is 2. The fourth-order valence-electron chi connectivity index (χ4n) is 5.22. The Morgan fingerprint density at radius 3 is 2.14 bits per heavy atom. The number of rotatable bonds is 6. The van der Waals surface area contributed by atoms with Crippen LogP contribution in [0.4, 0.5) is 5.82 Å². The Labute approximate surface area is 209 Å². The number of nitrogens with zero attached hydrogens (tertiary/aromatic N) is 2. The molecule has 198 valence electrons. The van der Waals surface area contributed by atoms with Gasteiger partial charge in [0.25, 0.3) is 0 Å². The lowest BCUT2D eigenvalue weighted by Crippen LogP contribution is -2.65. The van der Waals surface area contributed by atoms with Crippen molar-refractivity contribution in [1.82, 2.24) is 9.55 Å². The Hall–Kier alpha value is -1.42. The molecule has 35 heavy (non-hydrogen) atoms. The van der Waals surface area contributed by atoms with Crippen molar-refractivity contribution in [2.75, 3.05) is 11.9 Å². The highest BCUT2D eigenvalue weighted by Gasteiger charge is 2.61. The lowest BCUT2D eigenvalue weighted by Gasteiger charge is -2.51. The van der Waals surface area contributed by atoms with Crippen molar-refractivity contribution in [3.05, 3.63) is 22.7 Å². The van der Waals surface area contributed by atoms with E-state index in [1.807, 2.05) is 0 Å². The average molecular weight is 528 g/mol. The summed E-state index contributed by atoms with van der Waals surface area (Å²) in [6, 6.07) is 1.50. The highest BCUT2D eigenvalue weighted by molar-refractivity contribution is 6.83. The van der Waals surface area contributed by atoms with Gasteiger partial charge in [-0.25, -0.2) is 4.79 Å². The molecule has 0 saturated carbocycles. The second kappa shape index (κ2) is 10.5. The quantitative estimate of drug-likeness (QED) is 0.540. The minimum absolute atomic E-state index is 0.0989. The number of fused-ring (bicyclic) bond motifs is 1.